The smallest absolute Gasteiger partial charge is 0.259 e. The molecule has 0 saturated carbocycles. The zero-order valence-corrected chi connectivity index (χ0v) is 19.5. The van der Waals surface area contributed by atoms with Crippen LogP contribution in [-0.4, -0.2) is 68.8 Å². The van der Waals surface area contributed by atoms with E-state index in [9.17, 15) is 18.0 Å². The first-order chi connectivity index (χ1) is 15.4. The number of thiazole rings is 1. The molecule has 1 aromatic heterocycles. The van der Waals surface area contributed by atoms with Crippen molar-refractivity contribution in [1.29, 1.82) is 0 Å². The van der Waals surface area contributed by atoms with E-state index >= 15 is 0 Å². The van der Waals surface area contributed by atoms with Crippen molar-refractivity contribution in [2.75, 3.05) is 49.6 Å². The summed E-state index contributed by atoms with van der Waals surface area (Å²) < 4.78 is 33.3. The van der Waals surface area contributed by atoms with Gasteiger partial charge in [0.05, 0.1) is 23.7 Å². The van der Waals surface area contributed by atoms with Crippen LogP contribution in [0.3, 0.4) is 0 Å². The number of ketones is 1. The highest BCUT2D eigenvalue weighted by atomic mass is 32.2. The van der Waals surface area contributed by atoms with Gasteiger partial charge in [0.1, 0.15) is 5.69 Å². The van der Waals surface area contributed by atoms with Gasteiger partial charge in [0.2, 0.25) is 10.0 Å². The highest BCUT2D eigenvalue weighted by molar-refractivity contribution is 7.89. The average Bonchev–Trinajstić information content (AvgIpc) is 3.28. The number of carbonyl (C=O) groups is 2. The number of rotatable bonds is 6. The molecule has 172 valence electrons. The first-order valence-electron chi connectivity index (χ1n) is 10.6. The van der Waals surface area contributed by atoms with Crippen LogP contribution in [-0.2, 0) is 14.8 Å². The number of ether oxygens (including phenoxy) is 1. The van der Waals surface area contributed by atoms with E-state index in [0.717, 1.165) is 30.6 Å². The zero-order chi connectivity index (χ0) is 22.7. The number of Topliss-reactive ketones (excluding diaryl/α,β-unsaturated/α-hetero) is 1. The normalized spacial score (nSPS) is 17.8. The molecule has 0 radical (unpaired) electrons. The van der Waals surface area contributed by atoms with Crippen LogP contribution >= 0.6 is 11.3 Å². The maximum Gasteiger partial charge on any atom is 0.259 e. The highest BCUT2D eigenvalue weighted by Crippen LogP contribution is 2.29. The second-order valence-corrected chi connectivity index (χ2v) is 10.6. The van der Waals surface area contributed by atoms with Crippen molar-refractivity contribution in [3.63, 3.8) is 0 Å². The number of amides is 1. The van der Waals surface area contributed by atoms with Crippen LogP contribution in [0.1, 0.15) is 47.0 Å². The first kappa shape index (κ1) is 22.8. The fourth-order valence-electron chi connectivity index (χ4n) is 3.85. The molecule has 1 aromatic carbocycles. The Hall–Kier alpha value is -2.34. The minimum Gasteiger partial charge on any atom is -0.378 e. The number of benzene rings is 1. The molecular weight excluding hydrogens is 452 g/mol. The van der Waals surface area contributed by atoms with E-state index in [-0.39, 0.29) is 27.1 Å². The van der Waals surface area contributed by atoms with Gasteiger partial charge in [-0.1, -0.05) is 6.42 Å². The number of sulfonamides is 1. The molecule has 32 heavy (non-hydrogen) atoms. The molecule has 2 aromatic rings. The molecular formula is C21H26N4O5S2. The number of nitrogens with zero attached hydrogens (tertiary/aromatic N) is 3. The van der Waals surface area contributed by atoms with Crippen molar-refractivity contribution in [2.24, 2.45) is 0 Å². The number of piperidine rings is 1. The quantitative estimate of drug-likeness (QED) is 0.636. The Morgan fingerprint density at radius 3 is 2.47 bits per heavy atom. The molecule has 4 rings (SSSR count). The zero-order valence-electron chi connectivity index (χ0n) is 17.9. The minimum absolute atomic E-state index is 0.102. The first-order valence-corrected chi connectivity index (χ1v) is 12.9. The van der Waals surface area contributed by atoms with Gasteiger partial charge >= 0.3 is 0 Å². The summed E-state index contributed by atoms with van der Waals surface area (Å²) in [4.78, 5) is 31.0. The van der Waals surface area contributed by atoms with E-state index in [1.54, 1.807) is 17.5 Å². The Labute approximate surface area is 191 Å². The van der Waals surface area contributed by atoms with Gasteiger partial charge < -0.3 is 9.64 Å². The molecule has 0 spiro atoms. The van der Waals surface area contributed by atoms with Gasteiger partial charge in [0.25, 0.3) is 5.91 Å². The lowest BCUT2D eigenvalue weighted by atomic mass is 10.1. The summed E-state index contributed by atoms with van der Waals surface area (Å²) in [5.41, 5.74) is 1.18. The van der Waals surface area contributed by atoms with Crippen molar-refractivity contribution in [2.45, 2.75) is 31.1 Å². The van der Waals surface area contributed by atoms with Crippen LogP contribution in [0.4, 0.5) is 10.8 Å². The Bertz CT molecular complexity index is 1100. The monoisotopic (exact) mass is 478 g/mol. The molecule has 2 saturated heterocycles. The molecule has 0 unspecified atom stereocenters. The van der Waals surface area contributed by atoms with Gasteiger partial charge in [0, 0.05) is 44.2 Å². The fraction of sp³-hybridized carbons (Fsp3) is 0.476. The third-order valence-electron chi connectivity index (χ3n) is 5.60. The predicted molar refractivity (Wildman–Crippen MR) is 122 cm³/mol. The predicted octanol–water partition coefficient (Wildman–Crippen LogP) is 2.61. The summed E-state index contributed by atoms with van der Waals surface area (Å²) in [6.07, 6.45) is 2.69. The van der Waals surface area contributed by atoms with Crippen LogP contribution in [0.2, 0.25) is 0 Å². The standard InChI is InChI=1S/C21H26N4O5S2/c1-15(26)18-14-31-21(22-18)23-20(27)17-13-16(32(28,29)25-7-3-2-4-8-25)5-6-19(17)24-9-11-30-12-10-24/h5-6,13-14H,2-4,7-12H2,1H3,(H,22,23,27). The van der Waals surface area contributed by atoms with Crippen LogP contribution < -0.4 is 10.2 Å². The number of morpholine rings is 1. The molecule has 2 fully saturated rings. The third-order valence-corrected chi connectivity index (χ3v) is 8.25. The molecule has 0 aliphatic carbocycles. The molecule has 11 heteroatoms. The van der Waals surface area contributed by atoms with Crippen LogP contribution in [0.25, 0.3) is 0 Å². The topological polar surface area (TPSA) is 109 Å². The number of hydrogen-bond acceptors (Lipinski definition) is 8. The molecule has 0 atom stereocenters. The average molecular weight is 479 g/mol. The van der Waals surface area contributed by atoms with Crippen LogP contribution in [0.5, 0.6) is 0 Å². The summed E-state index contributed by atoms with van der Waals surface area (Å²) in [5.74, 6) is -0.656. The van der Waals surface area contributed by atoms with E-state index in [4.69, 9.17) is 4.74 Å². The van der Waals surface area contributed by atoms with Gasteiger partial charge in [-0.05, 0) is 31.0 Å². The maximum atomic E-state index is 13.2. The highest BCUT2D eigenvalue weighted by Gasteiger charge is 2.29. The van der Waals surface area contributed by atoms with Gasteiger partial charge in [-0.15, -0.1) is 11.3 Å². The lowest BCUT2D eigenvalue weighted by Crippen LogP contribution is -2.38. The molecule has 0 bridgehead atoms. The van der Waals surface area contributed by atoms with E-state index in [2.05, 4.69) is 10.3 Å². The number of hydrogen-bond donors (Lipinski definition) is 1. The summed E-state index contributed by atoms with van der Waals surface area (Å²) in [6, 6.07) is 4.71. The SMILES string of the molecule is CC(=O)c1csc(NC(=O)c2cc(S(=O)(=O)N3CCCCC3)ccc2N2CCOCC2)n1. The Morgan fingerprint density at radius 2 is 1.81 bits per heavy atom. The van der Waals surface area contributed by atoms with E-state index in [1.165, 1.54) is 17.3 Å². The lowest BCUT2D eigenvalue weighted by Gasteiger charge is -2.31. The number of carbonyl (C=O) groups excluding carboxylic acids is 2. The van der Waals surface area contributed by atoms with Crippen LogP contribution in [0, 0.1) is 0 Å². The summed E-state index contributed by atoms with van der Waals surface area (Å²) in [7, 11) is -3.69. The lowest BCUT2D eigenvalue weighted by molar-refractivity contribution is 0.100. The molecule has 1 N–H and O–H groups in total. The van der Waals surface area contributed by atoms with Gasteiger partial charge in [-0.25, -0.2) is 13.4 Å². The molecule has 2 aliphatic rings. The second kappa shape index (κ2) is 9.65. The number of anilines is 2. The van der Waals surface area contributed by atoms with E-state index < -0.39 is 15.9 Å². The summed E-state index contributed by atoms with van der Waals surface area (Å²) in [5, 5.41) is 4.59. The Balaban J connectivity index is 1.68. The van der Waals surface area contributed by atoms with Gasteiger partial charge in [-0.2, -0.15) is 4.31 Å². The van der Waals surface area contributed by atoms with Crippen molar-refractivity contribution < 1.29 is 22.7 Å². The van der Waals surface area contributed by atoms with Crippen molar-refractivity contribution in [3.8, 4) is 0 Å². The van der Waals surface area contributed by atoms with E-state index in [1.807, 2.05) is 4.90 Å². The van der Waals surface area contributed by atoms with Crippen molar-refractivity contribution in [1.82, 2.24) is 9.29 Å². The van der Waals surface area contributed by atoms with Crippen molar-refractivity contribution >= 4 is 43.9 Å². The summed E-state index contributed by atoms with van der Waals surface area (Å²) >= 11 is 1.15. The summed E-state index contributed by atoms with van der Waals surface area (Å²) in [6.45, 7) is 4.65. The molecule has 1 amide bonds. The molecule has 2 aliphatic heterocycles. The Morgan fingerprint density at radius 1 is 1.09 bits per heavy atom. The molecule has 9 nitrogen and oxygen atoms in total. The van der Waals surface area contributed by atoms with Gasteiger partial charge in [0.15, 0.2) is 10.9 Å². The third kappa shape index (κ3) is 4.85. The maximum absolute atomic E-state index is 13.2. The number of aromatic nitrogens is 1. The van der Waals surface area contributed by atoms with Gasteiger partial charge in [-0.3, -0.25) is 14.9 Å². The minimum atomic E-state index is -3.69. The largest absolute Gasteiger partial charge is 0.378 e. The molecule has 3 heterocycles. The van der Waals surface area contributed by atoms with Crippen LogP contribution in [0.15, 0.2) is 28.5 Å². The Kier molecular flexibility index (Phi) is 6.89. The van der Waals surface area contributed by atoms with Crippen molar-refractivity contribution in [3.05, 3.63) is 34.8 Å². The fourth-order valence-corrected chi connectivity index (χ4v) is 6.14. The second-order valence-electron chi connectivity index (χ2n) is 7.79. The van der Waals surface area contributed by atoms with E-state index in [0.29, 0.717) is 45.1 Å². The number of nitrogens with one attached hydrogen (secondary N) is 1.